The van der Waals surface area contributed by atoms with Gasteiger partial charge in [-0.2, -0.15) is 0 Å². The van der Waals surface area contributed by atoms with Crippen LogP contribution >= 0.6 is 0 Å². The van der Waals surface area contributed by atoms with Gasteiger partial charge >= 0.3 is 0 Å². The lowest BCUT2D eigenvalue weighted by Gasteiger charge is -2.23. The summed E-state index contributed by atoms with van der Waals surface area (Å²) in [5.41, 5.74) is 2.03. The molecule has 0 aliphatic carbocycles. The fraction of sp³-hybridized carbons (Fsp3) is 0.786. The van der Waals surface area contributed by atoms with Crippen molar-refractivity contribution in [3.05, 3.63) is 11.4 Å². The van der Waals surface area contributed by atoms with Gasteiger partial charge in [0.05, 0.1) is 12.2 Å². The summed E-state index contributed by atoms with van der Waals surface area (Å²) in [5, 5.41) is 8.50. The fourth-order valence-electron chi connectivity index (χ4n) is 2.98. The van der Waals surface area contributed by atoms with Crippen molar-refractivity contribution in [2.75, 3.05) is 27.2 Å². The number of hydrogen-bond donors (Lipinski definition) is 0. The van der Waals surface area contributed by atoms with Crippen LogP contribution < -0.4 is 0 Å². The first kappa shape index (κ1) is 14.5. The van der Waals surface area contributed by atoms with Crippen LogP contribution in [-0.2, 0) is 29.2 Å². The summed E-state index contributed by atoms with van der Waals surface area (Å²) >= 11 is 0. The lowest BCUT2D eigenvalue weighted by molar-refractivity contribution is -0.141. The molecule has 3 rings (SSSR count). The maximum Gasteiger partial charge on any atom is 0.252 e. The SMILES string of the molecule is CN(C)Cc1nnn2c1CN(C(=O)C1CCCO1)CCC2. The van der Waals surface area contributed by atoms with E-state index < -0.39 is 0 Å². The minimum atomic E-state index is -0.246. The molecule has 21 heavy (non-hydrogen) atoms. The van der Waals surface area contributed by atoms with Crippen LogP contribution in [0.2, 0.25) is 0 Å². The number of carbonyl (C=O) groups is 1. The van der Waals surface area contributed by atoms with Crippen molar-refractivity contribution < 1.29 is 9.53 Å². The van der Waals surface area contributed by atoms with Gasteiger partial charge in [0, 0.05) is 26.2 Å². The largest absolute Gasteiger partial charge is 0.368 e. The van der Waals surface area contributed by atoms with E-state index in [1.54, 1.807) is 0 Å². The van der Waals surface area contributed by atoms with Crippen molar-refractivity contribution in [1.82, 2.24) is 24.8 Å². The van der Waals surface area contributed by atoms with Crippen molar-refractivity contribution >= 4 is 5.91 Å². The number of rotatable bonds is 3. The number of hydrogen-bond acceptors (Lipinski definition) is 5. The van der Waals surface area contributed by atoms with E-state index in [0.717, 1.165) is 50.3 Å². The first-order chi connectivity index (χ1) is 10.1. The number of carbonyl (C=O) groups excluding carboxylic acids is 1. The van der Waals surface area contributed by atoms with Gasteiger partial charge in [-0.1, -0.05) is 5.21 Å². The van der Waals surface area contributed by atoms with E-state index in [9.17, 15) is 4.79 Å². The lowest BCUT2D eigenvalue weighted by atomic mass is 10.2. The Kier molecular flexibility index (Phi) is 4.21. The van der Waals surface area contributed by atoms with E-state index in [4.69, 9.17) is 4.74 Å². The van der Waals surface area contributed by atoms with Gasteiger partial charge in [0.1, 0.15) is 11.8 Å². The van der Waals surface area contributed by atoms with E-state index in [1.165, 1.54) is 0 Å². The number of aryl methyl sites for hydroxylation is 1. The molecule has 0 saturated carbocycles. The lowest BCUT2D eigenvalue weighted by Crippen LogP contribution is -2.38. The van der Waals surface area contributed by atoms with Crippen molar-refractivity contribution in [1.29, 1.82) is 0 Å². The molecule has 2 aliphatic heterocycles. The van der Waals surface area contributed by atoms with Gasteiger partial charge < -0.3 is 14.5 Å². The van der Waals surface area contributed by atoms with Crippen LogP contribution in [-0.4, -0.2) is 64.1 Å². The Labute approximate surface area is 124 Å². The summed E-state index contributed by atoms with van der Waals surface area (Å²) in [4.78, 5) is 16.5. The molecule has 0 radical (unpaired) electrons. The zero-order valence-electron chi connectivity index (χ0n) is 12.8. The van der Waals surface area contributed by atoms with Gasteiger partial charge in [-0.15, -0.1) is 5.10 Å². The van der Waals surface area contributed by atoms with E-state index >= 15 is 0 Å². The molecule has 7 heteroatoms. The Morgan fingerprint density at radius 2 is 2.24 bits per heavy atom. The molecule has 1 unspecified atom stereocenters. The number of nitrogens with zero attached hydrogens (tertiary/aromatic N) is 5. The summed E-state index contributed by atoms with van der Waals surface area (Å²) in [6.07, 6.45) is 2.49. The highest BCUT2D eigenvalue weighted by Crippen LogP contribution is 2.20. The number of fused-ring (bicyclic) bond motifs is 1. The van der Waals surface area contributed by atoms with Crippen LogP contribution in [0.3, 0.4) is 0 Å². The normalized spacial score (nSPS) is 22.4. The van der Waals surface area contributed by atoms with E-state index in [0.29, 0.717) is 13.2 Å². The zero-order chi connectivity index (χ0) is 14.8. The first-order valence-electron chi connectivity index (χ1n) is 7.61. The van der Waals surface area contributed by atoms with Crippen LogP contribution in [0.5, 0.6) is 0 Å². The molecule has 0 spiro atoms. The molecule has 2 aliphatic rings. The van der Waals surface area contributed by atoms with Crippen LogP contribution in [0.4, 0.5) is 0 Å². The number of ether oxygens (including phenoxy) is 1. The number of amides is 1. The Bertz CT molecular complexity index is 507. The molecule has 3 heterocycles. The van der Waals surface area contributed by atoms with Crippen molar-refractivity contribution in [2.45, 2.75) is 45.0 Å². The summed E-state index contributed by atoms with van der Waals surface area (Å²) in [7, 11) is 4.02. The highest BCUT2D eigenvalue weighted by atomic mass is 16.5. The molecule has 1 saturated heterocycles. The molecule has 1 fully saturated rings. The quantitative estimate of drug-likeness (QED) is 0.799. The van der Waals surface area contributed by atoms with Crippen molar-refractivity contribution in [3.63, 3.8) is 0 Å². The highest BCUT2D eigenvalue weighted by Gasteiger charge is 2.30. The molecular formula is C14H23N5O2. The maximum atomic E-state index is 12.6. The molecule has 0 bridgehead atoms. The molecule has 0 aromatic carbocycles. The minimum absolute atomic E-state index is 0.123. The van der Waals surface area contributed by atoms with Gasteiger partial charge in [0.2, 0.25) is 0 Å². The van der Waals surface area contributed by atoms with Gasteiger partial charge in [-0.3, -0.25) is 4.79 Å². The van der Waals surface area contributed by atoms with E-state index in [1.807, 2.05) is 23.7 Å². The Morgan fingerprint density at radius 3 is 2.95 bits per heavy atom. The predicted octanol–water partition coefficient (Wildman–Crippen LogP) is 0.251. The van der Waals surface area contributed by atoms with Gasteiger partial charge in [0.25, 0.3) is 5.91 Å². The minimum Gasteiger partial charge on any atom is -0.368 e. The Morgan fingerprint density at radius 1 is 1.38 bits per heavy atom. The molecule has 1 aromatic heterocycles. The highest BCUT2D eigenvalue weighted by molar-refractivity contribution is 5.81. The average Bonchev–Trinajstić information content (AvgIpc) is 3.04. The van der Waals surface area contributed by atoms with Crippen molar-refractivity contribution in [3.8, 4) is 0 Å². The summed E-state index contributed by atoms with van der Waals surface area (Å²) in [6.45, 7) is 3.64. The van der Waals surface area contributed by atoms with Gasteiger partial charge in [-0.25, -0.2) is 4.68 Å². The zero-order valence-corrected chi connectivity index (χ0v) is 12.8. The predicted molar refractivity (Wildman–Crippen MR) is 76.4 cm³/mol. The Balaban J connectivity index is 1.77. The molecule has 0 N–H and O–H groups in total. The Hall–Kier alpha value is -1.47. The van der Waals surface area contributed by atoms with Crippen LogP contribution in [0.1, 0.15) is 30.7 Å². The number of aromatic nitrogens is 3. The third kappa shape index (κ3) is 3.08. The topological polar surface area (TPSA) is 63.5 Å². The van der Waals surface area contributed by atoms with E-state index in [2.05, 4.69) is 15.2 Å². The molecule has 1 atom stereocenters. The van der Waals surface area contributed by atoms with Gasteiger partial charge in [-0.05, 0) is 33.4 Å². The standard InChI is InChI=1S/C14H23N5O2/c1-17(2)9-11-12-10-18(6-4-7-19(12)16-15-11)14(20)13-5-3-8-21-13/h13H,3-10H2,1-2H3. The van der Waals surface area contributed by atoms with Crippen molar-refractivity contribution in [2.24, 2.45) is 0 Å². The smallest absolute Gasteiger partial charge is 0.252 e. The summed E-state index contributed by atoms with van der Waals surface area (Å²) in [5.74, 6) is 0.123. The third-order valence-electron chi connectivity index (χ3n) is 4.04. The maximum absolute atomic E-state index is 12.6. The van der Waals surface area contributed by atoms with E-state index in [-0.39, 0.29) is 12.0 Å². The van der Waals surface area contributed by atoms with Crippen LogP contribution in [0.25, 0.3) is 0 Å². The molecular weight excluding hydrogens is 270 g/mol. The second-order valence-corrected chi connectivity index (χ2v) is 6.06. The molecule has 7 nitrogen and oxygen atoms in total. The fourth-order valence-corrected chi connectivity index (χ4v) is 2.98. The molecule has 1 amide bonds. The summed E-state index contributed by atoms with van der Waals surface area (Å²) < 4.78 is 7.48. The first-order valence-corrected chi connectivity index (χ1v) is 7.61. The molecule has 116 valence electrons. The third-order valence-corrected chi connectivity index (χ3v) is 4.04. The second kappa shape index (κ2) is 6.11. The van der Waals surface area contributed by atoms with Crippen LogP contribution in [0, 0.1) is 0 Å². The monoisotopic (exact) mass is 293 g/mol. The average molecular weight is 293 g/mol. The second-order valence-electron chi connectivity index (χ2n) is 6.06. The summed E-state index contributed by atoms with van der Waals surface area (Å²) in [6, 6.07) is 0. The van der Waals surface area contributed by atoms with Crippen LogP contribution in [0.15, 0.2) is 0 Å². The molecule has 1 aromatic rings. The van der Waals surface area contributed by atoms with Gasteiger partial charge in [0.15, 0.2) is 0 Å².